The summed E-state index contributed by atoms with van der Waals surface area (Å²) in [5.74, 6) is 0.368. The minimum absolute atomic E-state index is 0.0331. The number of hydrogen-bond acceptors (Lipinski definition) is 3. The minimum Gasteiger partial charge on any atom is -0.494 e. The Morgan fingerprint density at radius 1 is 1.45 bits per heavy atom. The number of nitrogens with zero attached hydrogens (tertiary/aromatic N) is 1. The lowest BCUT2D eigenvalue weighted by Crippen LogP contribution is -2.40. The highest BCUT2D eigenvalue weighted by Crippen LogP contribution is 2.34. The van der Waals surface area contributed by atoms with Crippen LogP contribution in [0.3, 0.4) is 0 Å². The maximum Gasteiger partial charge on any atom is 0.254 e. The van der Waals surface area contributed by atoms with Gasteiger partial charge in [0.2, 0.25) is 0 Å². The fourth-order valence-corrected chi connectivity index (χ4v) is 3.24. The number of halogens is 2. The lowest BCUT2D eigenvalue weighted by atomic mass is 10.1. The summed E-state index contributed by atoms with van der Waals surface area (Å²) >= 11 is 12.2. The zero-order chi connectivity index (χ0) is 14.7. The highest BCUT2D eigenvalue weighted by molar-refractivity contribution is 6.37. The summed E-state index contributed by atoms with van der Waals surface area (Å²) in [6, 6.07) is 3.46. The summed E-state index contributed by atoms with van der Waals surface area (Å²) in [5, 5.41) is 3.83. The molecule has 1 aromatic carbocycles. The molecule has 1 atom stereocenters. The van der Waals surface area contributed by atoms with Gasteiger partial charge in [0.05, 0.1) is 17.2 Å². The Labute approximate surface area is 129 Å². The van der Waals surface area contributed by atoms with Gasteiger partial charge in [-0.1, -0.05) is 23.2 Å². The van der Waals surface area contributed by atoms with E-state index in [0.717, 1.165) is 25.9 Å². The highest BCUT2D eigenvalue weighted by atomic mass is 35.5. The quantitative estimate of drug-likeness (QED) is 0.928. The first-order valence-corrected chi connectivity index (χ1v) is 7.32. The second-order valence-corrected chi connectivity index (χ2v) is 5.64. The van der Waals surface area contributed by atoms with E-state index in [9.17, 15) is 4.79 Å². The van der Waals surface area contributed by atoms with Gasteiger partial charge >= 0.3 is 0 Å². The van der Waals surface area contributed by atoms with Gasteiger partial charge < -0.3 is 15.0 Å². The molecule has 6 heteroatoms. The van der Waals surface area contributed by atoms with Crippen LogP contribution in [0.5, 0.6) is 5.75 Å². The smallest absolute Gasteiger partial charge is 0.254 e. The zero-order valence-corrected chi connectivity index (χ0v) is 13.1. The Kier molecular flexibility index (Phi) is 5.13. The van der Waals surface area contributed by atoms with Gasteiger partial charge in [0.1, 0.15) is 0 Å². The molecule has 2 rings (SSSR count). The van der Waals surface area contributed by atoms with E-state index in [2.05, 4.69) is 5.32 Å². The van der Waals surface area contributed by atoms with Gasteiger partial charge in [-0.3, -0.25) is 4.79 Å². The zero-order valence-electron chi connectivity index (χ0n) is 11.6. The van der Waals surface area contributed by atoms with Crippen molar-refractivity contribution < 1.29 is 9.53 Å². The molecule has 1 amide bonds. The van der Waals surface area contributed by atoms with E-state index in [0.29, 0.717) is 21.4 Å². The summed E-state index contributed by atoms with van der Waals surface area (Å²) < 4.78 is 5.10. The van der Waals surface area contributed by atoms with Crippen LogP contribution in [0.25, 0.3) is 0 Å². The number of benzene rings is 1. The number of likely N-dealkylation sites (tertiary alicyclic amines) is 1. The van der Waals surface area contributed by atoms with Gasteiger partial charge in [0, 0.05) is 24.7 Å². The van der Waals surface area contributed by atoms with Crippen molar-refractivity contribution in [2.24, 2.45) is 0 Å². The van der Waals surface area contributed by atoms with Crippen molar-refractivity contribution in [3.8, 4) is 5.75 Å². The van der Waals surface area contributed by atoms with Gasteiger partial charge in [-0.15, -0.1) is 0 Å². The fraction of sp³-hybridized carbons (Fsp3) is 0.500. The third kappa shape index (κ3) is 3.03. The average Bonchev–Trinajstić information content (AvgIpc) is 2.86. The third-order valence-electron chi connectivity index (χ3n) is 3.53. The molecule has 1 heterocycles. The van der Waals surface area contributed by atoms with E-state index in [1.54, 1.807) is 12.1 Å². The predicted octanol–water partition coefficient (Wildman–Crippen LogP) is 2.83. The van der Waals surface area contributed by atoms with Crippen LogP contribution in [0, 0.1) is 0 Å². The molecule has 4 nitrogen and oxygen atoms in total. The van der Waals surface area contributed by atoms with Crippen LogP contribution in [-0.2, 0) is 0 Å². The average molecular weight is 317 g/mol. The van der Waals surface area contributed by atoms with E-state index in [-0.39, 0.29) is 11.9 Å². The van der Waals surface area contributed by atoms with E-state index < -0.39 is 0 Å². The van der Waals surface area contributed by atoms with Crippen LogP contribution in [0.2, 0.25) is 10.0 Å². The van der Waals surface area contributed by atoms with E-state index >= 15 is 0 Å². The SMILES string of the molecule is CNC[C@@H]1CCCN1C(=O)c1cc(Cl)c(OC)c(Cl)c1. The Bertz CT molecular complexity index is 485. The molecule has 0 radical (unpaired) electrons. The Morgan fingerprint density at radius 3 is 2.65 bits per heavy atom. The van der Waals surface area contributed by atoms with Crippen LogP contribution in [0.4, 0.5) is 0 Å². The fourth-order valence-electron chi connectivity index (χ4n) is 2.60. The molecule has 1 N–H and O–H groups in total. The van der Waals surface area contributed by atoms with Crippen molar-refractivity contribution in [3.05, 3.63) is 27.7 Å². The Balaban J connectivity index is 2.25. The van der Waals surface area contributed by atoms with Gasteiger partial charge in [-0.05, 0) is 32.0 Å². The number of carbonyl (C=O) groups is 1. The monoisotopic (exact) mass is 316 g/mol. The molecule has 0 spiro atoms. The molecule has 0 unspecified atom stereocenters. The molecular weight excluding hydrogens is 299 g/mol. The van der Waals surface area contributed by atoms with E-state index in [1.807, 2.05) is 11.9 Å². The van der Waals surface area contributed by atoms with Crippen LogP contribution in [-0.4, -0.2) is 44.1 Å². The maximum atomic E-state index is 12.6. The molecule has 1 aliphatic rings. The van der Waals surface area contributed by atoms with Crippen molar-refractivity contribution in [2.75, 3.05) is 27.2 Å². The second kappa shape index (κ2) is 6.66. The lowest BCUT2D eigenvalue weighted by molar-refractivity contribution is 0.0737. The summed E-state index contributed by atoms with van der Waals surface area (Å²) in [6.45, 7) is 1.57. The molecule has 0 aliphatic carbocycles. The number of ether oxygens (including phenoxy) is 1. The highest BCUT2D eigenvalue weighted by Gasteiger charge is 2.29. The Morgan fingerprint density at radius 2 is 2.10 bits per heavy atom. The molecule has 1 saturated heterocycles. The van der Waals surface area contributed by atoms with Gasteiger partial charge in [-0.2, -0.15) is 0 Å². The normalized spacial score (nSPS) is 18.4. The molecule has 0 bridgehead atoms. The van der Waals surface area contributed by atoms with Gasteiger partial charge in [-0.25, -0.2) is 0 Å². The van der Waals surface area contributed by atoms with Crippen LogP contribution in [0.1, 0.15) is 23.2 Å². The molecule has 20 heavy (non-hydrogen) atoms. The summed E-state index contributed by atoms with van der Waals surface area (Å²) in [7, 11) is 3.39. The predicted molar refractivity (Wildman–Crippen MR) is 81.0 cm³/mol. The lowest BCUT2D eigenvalue weighted by Gasteiger charge is -2.25. The number of methoxy groups -OCH3 is 1. The van der Waals surface area contributed by atoms with Gasteiger partial charge in [0.25, 0.3) is 5.91 Å². The second-order valence-electron chi connectivity index (χ2n) is 4.83. The first-order valence-electron chi connectivity index (χ1n) is 6.57. The summed E-state index contributed by atoms with van der Waals surface area (Å²) in [5.41, 5.74) is 0.504. The van der Waals surface area contributed by atoms with Crippen LogP contribution >= 0.6 is 23.2 Å². The number of nitrogens with one attached hydrogen (secondary N) is 1. The molecule has 1 aliphatic heterocycles. The standard InChI is InChI=1S/C14H18Cl2N2O2/c1-17-8-10-4-3-5-18(10)14(19)9-6-11(15)13(20-2)12(16)7-9/h6-7,10,17H,3-5,8H2,1-2H3/t10-/m0/s1. The number of carbonyl (C=O) groups excluding carboxylic acids is 1. The van der Waals surface area contributed by atoms with E-state index in [4.69, 9.17) is 27.9 Å². The van der Waals surface area contributed by atoms with Crippen LogP contribution < -0.4 is 10.1 Å². The maximum absolute atomic E-state index is 12.6. The first kappa shape index (κ1) is 15.4. The molecule has 1 fully saturated rings. The Hall–Kier alpha value is -0.970. The number of hydrogen-bond donors (Lipinski definition) is 1. The minimum atomic E-state index is -0.0331. The topological polar surface area (TPSA) is 41.6 Å². The summed E-state index contributed by atoms with van der Waals surface area (Å²) in [4.78, 5) is 14.5. The molecule has 110 valence electrons. The summed E-state index contributed by atoms with van der Waals surface area (Å²) in [6.07, 6.45) is 2.04. The van der Waals surface area contributed by atoms with E-state index in [1.165, 1.54) is 7.11 Å². The van der Waals surface area contributed by atoms with Crippen molar-refractivity contribution >= 4 is 29.1 Å². The van der Waals surface area contributed by atoms with Crippen molar-refractivity contribution in [2.45, 2.75) is 18.9 Å². The largest absolute Gasteiger partial charge is 0.494 e. The molecular formula is C14H18Cl2N2O2. The number of amides is 1. The van der Waals surface area contributed by atoms with Gasteiger partial charge in [0.15, 0.2) is 5.75 Å². The van der Waals surface area contributed by atoms with Crippen molar-refractivity contribution in [3.63, 3.8) is 0 Å². The number of rotatable bonds is 4. The van der Waals surface area contributed by atoms with Crippen LogP contribution in [0.15, 0.2) is 12.1 Å². The van der Waals surface area contributed by atoms with Crippen molar-refractivity contribution in [1.82, 2.24) is 10.2 Å². The molecule has 0 aromatic heterocycles. The third-order valence-corrected chi connectivity index (χ3v) is 4.09. The number of likely N-dealkylation sites (N-methyl/N-ethyl adjacent to an activating group) is 1. The molecule has 1 aromatic rings. The first-order chi connectivity index (χ1) is 9.58. The van der Waals surface area contributed by atoms with Crippen molar-refractivity contribution in [1.29, 1.82) is 0 Å². The molecule has 0 saturated carbocycles.